The predicted molar refractivity (Wildman–Crippen MR) is 82.7 cm³/mol. The van der Waals surface area contributed by atoms with E-state index in [1.54, 1.807) is 24.3 Å². The molecule has 19 heavy (non-hydrogen) atoms. The molecule has 0 spiro atoms. The highest BCUT2D eigenvalue weighted by Gasteiger charge is 2.10. The maximum absolute atomic E-state index is 12.1. The summed E-state index contributed by atoms with van der Waals surface area (Å²) in [6.07, 6.45) is 0. The van der Waals surface area contributed by atoms with Crippen LogP contribution in [-0.4, -0.2) is 5.91 Å². The van der Waals surface area contributed by atoms with E-state index in [1.165, 1.54) is 0 Å². The fourth-order valence-corrected chi connectivity index (χ4v) is 2.03. The maximum Gasteiger partial charge on any atom is 0.255 e. The van der Waals surface area contributed by atoms with Gasteiger partial charge in [0.2, 0.25) is 0 Å². The highest BCUT2D eigenvalue weighted by molar-refractivity contribution is 9.10. The minimum Gasteiger partial charge on any atom is -0.398 e. The van der Waals surface area contributed by atoms with Gasteiger partial charge in [-0.2, -0.15) is 0 Å². The van der Waals surface area contributed by atoms with Gasteiger partial charge in [-0.05, 0) is 58.7 Å². The second-order valence-electron chi connectivity index (χ2n) is 4.17. The number of rotatable bonds is 2. The number of amides is 1. The Hall–Kier alpha value is -1.52. The van der Waals surface area contributed by atoms with Crippen LogP contribution in [-0.2, 0) is 0 Å². The molecular weight excluding hydrogens is 328 g/mol. The monoisotopic (exact) mass is 338 g/mol. The zero-order valence-corrected chi connectivity index (χ0v) is 12.5. The van der Waals surface area contributed by atoms with Crippen LogP contribution in [0.5, 0.6) is 0 Å². The van der Waals surface area contributed by atoms with Crippen molar-refractivity contribution in [1.29, 1.82) is 0 Å². The van der Waals surface area contributed by atoms with Crippen molar-refractivity contribution in [3.05, 3.63) is 57.0 Å². The summed E-state index contributed by atoms with van der Waals surface area (Å²) in [6.45, 7) is 1.93. The third-order valence-electron chi connectivity index (χ3n) is 2.63. The van der Waals surface area contributed by atoms with Crippen LogP contribution in [0.3, 0.4) is 0 Å². The van der Waals surface area contributed by atoms with Gasteiger partial charge in [0.1, 0.15) is 0 Å². The van der Waals surface area contributed by atoms with Crippen molar-refractivity contribution in [2.45, 2.75) is 6.92 Å². The number of hydrogen-bond donors (Lipinski definition) is 2. The molecule has 0 saturated heterocycles. The molecule has 0 radical (unpaired) electrons. The van der Waals surface area contributed by atoms with Gasteiger partial charge in [-0.15, -0.1) is 0 Å². The van der Waals surface area contributed by atoms with Crippen molar-refractivity contribution in [3.8, 4) is 0 Å². The lowest BCUT2D eigenvalue weighted by atomic mass is 10.1. The van der Waals surface area contributed by atoms with Crippen LogP contribution >= 0.6 is 27.5 Å². The Labute approximate surface area is 124 Å². The predicted octanol–water partition coefficient (Wildman–Crippen LogP) is 4.25. The summed E-state index contributed by atoms with van der Waals surface area (Å²) in [4.78, 5) is 12.1. The molecule has 2 aromatic carbocycles. The molecule has 3 nitrogen and oxygen atoms in total. The molecule has 5 heteroatoms. The van der Waals surface area contributed by atoms with Crippen LogP contribution in [0, 0.1) is 6.92 Å². The van der Waals surface area contributed by atoms with E-state index in [1.807, 2.05) is 19.1 Å². The van der Waals surface area contributed by atoms with Crippen molar-refractivity contribution < 1.29 is 4.79 Å². The maximum atomic E-state index is 12.1. The number of carbonyl (C=O) groups is 1. The Morgan fingerprint density at radius 1 is 1.26 bits per heavy atom. The standard InChI is InChI=1S/C14H12BrClN2O/c1-8-2-5-11(16)13(6-8)18-14(19)9-3-4-10(15)12(17)7-9/h2-7H,17H2,1H3,(H,18,19). The highest BCUT2D eigenvalue weighted by Crippen LogP contribution is 2.25. The lowest BCUT2D eigenvalue weighted by molar-refractivity contribution is 0.102. The molecule has 3 N–H and O–H groups in total. The van der Waals surface area contributed by atoms with E-state index in [-0.39, 0.29) is 5.91 Å². The van der Waals surface area contributed by atoms with Crippen LogP contribution in [0.4, 0.5) is 11.4 Å². The summed E-state index contributed by atoms with van der Waals surface area (Å²) in [5.41, 5.74) is 8.37. The Bertz CT molecular complexity index is 643. The van der Waals surface area contributed by atoms with Crippen LogP contribution in [0.1, 0.15) is 15.9 Å². The number of halogens is 2. The summed E-state index contributed by atoms with van der Waals surface area (Å²) in [5.74, 6) is -0.244. The van der Waals surface area contributed by atoms with Crippen LogP contribution in [0.2, 0.25) is 5.02 Å². The number of aryl methyl sites for hydroxylation is 1. The lowest BCUT2D eigenvalue weighted by Crippen LogP contribution is -2.12. The van der Waals surface area contributed by atoms with Crippen molar-refractivity contribution in [2.75, 3.05) is 11.1 Å². The summed E-state index contributed by atoms with van der Waals surface area (Å²) in [6, 6.07) is 10.5. The molecule has 0 aromatic heterocycles. The zero-order valence-electron chi connectivity index (χ0n) is 10.2. The molecule has 98 valence electrons. The number of anilines is 2. The van der Waals surface area contributed by atoms with E-state index in [4.69, 9.17) is 17.3 Å². The molecule has 0 atom stereocenters. The number of nitrogen functional groups attached to an aromatic ring is 1. The van der Waals surface area contributed by atoms with Gasteiger partial charge >= 0.3 is 0 Å². The van der Waals surface area contributed by atoms with E-state index in [0.29, 0.717) is 22.0 Å². The van der Waals surface area contributed by atoms with Gasteiger partial charge in [0, 0.05) is 15.7 Å². The van der Waals surface area contributed by atoms with Gasteiger partial charge in [0.15, 0.2) is 0 Å². The first-order chi connectivity index (χ1) is 8.97. The Balaban J connectivity index is 2.25. The van der Waals surface area contributed by atoms with Crippen LogP contribution in [0.15, 0.2) is 40.9 Å². The Morgan fingerprint density at radius 2 is 2.00 bits per heavy atom. The van der Waals surface area contributed by atoms with Crippen LogP contribution < -0.4 is 11.1 Å². The van der Waals surface area contributed by atoms with Crippen molar-refractivity contribution in [3.63, 3.8) is 0 Å². The number of benzene rings is 2. The van der Waals surface area contributed by atoms with Gasteiger partial charge in [-0.25, -0.2) is 0 Å². The molecule has 0 saturated carbocycles. The lowest BCUT2D eigenvalue weighted by Gasteiger charge is -2.09. The van der Waals surface area contributed by atoms with E-state index in [0.717, 1.165) is 10.0 Å². The highest BCUT2D eigenvalue weighted by atomic mass is 79.9. The Morgan fingerprint density at radius 3 is 2.68 bits per heavy atom. The first-order valence-electron chi connectivity index (χ1n) is 5.60. The third kappa shape index (κ3) is 3.28. The van der Waals surface area contributed by atoms with Crippen molar-refractivity contribution in [2.24, 2.45) is 0 Å². The molecule has 0 bridgehead atoms. The van der Waals surface area contributed by atoms with E-state index in [9.17, 15) is 4.79 Å². The van der Waals surface area contributed by atoms with Crippen LogP contribution in [0.25, 0.3) is 0 Å². The first-order valence-corrected chi connectivity index (χ1v) is 6.77. The molecule has 0 fully saturated rings. The second kappa shape index (κ2) is 5.63. The molecule has 1 amide bonds. The zero-order chi connectivity index (χ0) is 14.0. The summed E-state index contributed by atoms with van der Waals surface area (Å²) in [5, 5.41) is 3.28. The minimum absolute atomic E-state index is 0.244. The van der Waals surface area contributed by atoms with Crippen molar-refractivity contribution in [1.82, 2.24) is 0 Å². The average Bonchev–Trinajstić information content (AvgIpc) is 2.37. The molecular formula is C14H12BrClN2O. The smallest absolute Gasteiger partial charge is 0.255 e. The summed E-state index contributed by atoms with van der Waals surface area (Å²) >= 11 is 9.33. The van der Waals surface area contributed by atoms with Gasteiger partial charge in [0.05, 0.1) is 10.7 Å². The summed E-state index contributed by atoms with van der Waals surface area (Å²) in [7, 11) is 0. The fraction of sp³-hybridized carbons (Fsp3) is 0.0714. The normalized spacial score (nSPS) is 10.3. The molecule has 0 aliphatic carbocycles. The number of carbonyl (C=O) groups excluding carboxylic acids is 1. The second-order valence-corrected chi connectivity index (χ2v) is 5.44. The molecule has 0 aliphatic heterocycles. The average molecular weight is 340 g/mol. The molecule has 2 rings (SSSR count). The Kier molecular flexibility index (Phi) is 4.12. The van der Waals surface area contributed by atoms with Gasteiger partial charge < -0.3 is 11.1 Å². The van der Waals surface area contributed by atoms with Gasteiger partial charge in [0.25, 0.3) is 5.91 Å². The van der Waals surface area contributed by atoms with Gasteiger partial charge in [-0.3, -0.25) is 4.79 Å². The van der Waals surface area contributed by atoms with E-state index in [2.05, 4.69) is 21.2 Å². The molecule has 0 aliphatic rings. The largest absolute Gasteiger partial charge is 0.398 e. The van der Waals surface area contributed by atoms with E-state index >= 15 is 0 Å². The number of hydrogen-bond acceptors (Lipinski definition) is 2. The fourth-order valence-electron chi connectivity index (χ4n) is 1.61. The minimum atomic E-state index is -0.244. The van der Waals surface area contributed by atoms with Gasteiger partial charge in [-0.1, -0.05) is 17.7 Å². The molecule has 0 heterocycles. The topological polar surface area (TPSA) is 55.1 Å². The number of nitrogens with two attached hydrogens (primary N) is 1. The number of nitrogens with one attached hydrogen (secondary N) is 1. The molecule has 2 aromatic rings. The molecule has 0 unspecified atom stereocenters. The van der Waals surface area contributed by atoms with E-state index < -0.39 is 0 Å². The quantitative estimate of drug-likeness (QED) is 0.804. The van der Waals surface area contributed by atoms with Crippen molar-refractivity contribution >= 4 is 44.8 Å². The SMILES string of the molecule is Cc1ccc(Cl)c(NC(=O)c2ccc(Br)c(N)c2)c1. The third-order valence-corrected chi connectivity index (χ3v) is 3.68. The summed E-state index contributed by atoms with van der Waals surface area (Å²) < 4.78 is 0.762. The first kappa shape index (κ1) is 13.9.